The molecule has 0 amide bonds. The van der Waals surface area contributed by atoms with Crippen LogP contribution in [-0.2, 0) is 6.54 Å². The highest BCUT2D eigenvalue weighted by molar-refractivity contribution is 5.95. The highest BCUT2D eigenvalue weighted by Crippen LogP contribution is 2.21. The summed E-state index contributed by atoms with van der Waals surface area (Å²) in [6.07, 6.45) is 3.52. The van der Waals surface area contributed by atoms with E-state index in [2.05, 4.69) is 15.3 Å². The second kappa shape index (κ2) is 5.69. The average molecular weight is 271 g/mol. The first kappa shape index (κ1) is 14.0. The summed E-state index contributed by atoms with van der Waals surface area (Å²) in [6.45, 7) is 6.08. The van der Waals surface area contributed by atoms with Gasteiger partial charge in [0, 0.05) is 24.6 Å². The molecule has 5 heteroatoms. The monoisotopic (exact) mass is 271 g/mol. The van der Waals surface area contributed by atoms with Crippen molar-refractivity contribution in [3.63, 3.8) is 0 Å². The zero-order valence-electron chi connectivity index (χ0n) is 11.8. The van der Waals surface area contributed by atoms with Crippen LogP contribution in [0.3, 0.4) is 0 Å². The maximum Gasteiger partial charge on any atom is 0.339 e. The number of aromatic carboxylic acids is 1. The van der Waals surface area contributed by atoms with Crippen LogP contribution in [0.25, 0.3) is 0 Å². The molecule has 0 aliphatic rings. The fourth-order valence-corrected chi connectivity index (χ4v) is 2.11. The minimum Gasteiger partial charge on any atom is -0.478 e. The van der Waals surface area contributed by atoms with Crippen molar-refractivity contribution in [1.29, 1.82) is 0 Å². The second-order valence-electron chi connectivity index (χ2n) is 4.73. The van der Waals surface area contributed by atoms with E-state index in [1.54, 1.807) is 25.4 Å². The van der Waals surface area contributed by atoms with Gasteiger partial charge >= 0.3 is 5.97 Å². The smallest absolute Gasteiger partial charge is 0.339 e. The number of nitrogens with one attached hydrogen (secondary N) is 1. The molecule has 0 saturated heterocycles. The Morgan fingerprint density at radius 3 is 2.75 bits per heavy atom. The number of aryl methyl sites for hydroxylation is 3. The Morgan fingerprint density at radius 1 is 1.35 bits per heavy atom. The summed E-state index contributed by atoms with van der Waals surface area (Å²) in [7, 11) is 0. The number of rotatable bonds is 4. The van der Waals surface area contributed by atoms with Gasteiger partial charge in [-0.1, -0.05) is 0 Å². The van der Waals surface area contributed by atoms with E-state index in [0.29, 0.717) is 17.9 Å². The van der Waals surface area contributed by atoms with Crippen LogP contribution in [0.2, 0.25) is 0 Å². The molecule has 0 atom stereocenters. The molecule has 104 valence electrons. The molecular formula is C15H17N3O2. The fourth-order valence-electron chi connectivity index (χ4n) is 2.11. The summed E-state index contributed by atoms with van der Waals surface area (Å²) >= 11 is 0. The molecule has 2 aromatic heterocycles. The molecule has 0 spiro atoms. The number of anilines is 1. The highest BCUT2D eigenvalue weighted by atomic mass is 16.4. The summed E-state index contributed by atoms with van der Waals surface area (Å²) in [5.74, 6) is -0.972. The molecule has 2 rings (SSSR count). The van der Waals surface area contributed by atoms with Crippen LogP contribution in [0.5, 0.6) is 0 Å². The lowest BCUT2D eigenvalue weighted by Crippen LogP contribution is -2.11. The van der Waals surface area contributed by atoms with Crippen LogP contribution >= 0.6 is 0 Å². The van der Waals surface area contributed by atoms with E-state index in [4.69, 9.17) is 0 Å². The van der Waals surface area contributed by atoms with Gasteiger partial charge in [0.2, 0.25) is 0 Å². The summed E-state index contributed by atoms with van der Waals surface area (Å²) in [4.78, 5) is 19.6. The molecular weight excluding hydrogens is 254 g/mol. The lowest BCUT2D eigenvalue weighted by Gasteiger charge is -2.13. The van der Waals surface area contributed by atoms with E-state index < -0.39 is 5.97 Å². The fraction of sp³-hybridized carbons (Fsp3) is 0.267. The van der Waals surface area contributed by atoms with Gasteiger partial charge < -0.3 is 10.4 Å². The Balaban J connectivity index is 2.30. The zero-order valence-corrected chi connectivity index (χ0v) is 11.8. The maximum absolute atomic E-state index is 11.3. The third kappa shape index (κ3) is 2.93. The molecule has 0 fully saturated rings. The first-order valence-electron chi connectivity index (χ1n) is 6.34. The molecule has 0 bridgehead atoms. The first-order valence-corrected chi connectivity index (χ1v) is 6.34. The van der Waals surface area contributed by atoms with Crippen LogP contribution in [0, 0.1) is 20.8 Å². The van der Waals surface area contributed by atoms with Gasteiger partial charge in [-0.2, -0.15) is 0 Å². The molecule has 2 N–H and O–H groups in total. The molecule has 2 aromatic rings. The number of pyridine rings is 2. The average Bonchev–Trinajstić information content (AvgIpc) is 2.36. The minimum atomic E-state index is -0.972. The molecule has 0 radical (unpaired) electrons. The van der Waals surface area contributed by atoms with Crippen molar-refractivity contribution in [2.24, 2.45) is 0 Å². The third-order valence-electron chi connectivity index (χ3n) is 3.16. The number of hydrogen-bond donors (Lipinski definition) is 2. The van der Waals surface area contributed by atoms with Crippen molar-refractivity contribution < 1.29 is 9.90 Å². The van der Waals surface area contributed by atoms with Gasteiger partial charge in [-0.25, -0.2) is 4.79 Å². The molecule has 20 heavy (non-hydrogen) atoms. The Morgan fingerprint density at radius 2 is 2.10 bits per heavy atom. The number of nitrogens with zero attached hydrogens (tertiary/aromatic N) is 2. The van der Waals surface area contributed by atoms with Gasteiger partial charge in [-0.15, -0.1) is 0 Å². The number of carboxylic acid groups (broad SMARTS) is 1. The predicted molar refractivity (Wildman–Crippen MR) is 77.0 cm³/mol. The number of aromatic nitrogens is 2. The Kier molecular flexibility index (Phi) is 3.98. The summed E-state index contributed by atoms with van der Waals surface area (Å²) in [6, 6.07) is 3.68. The topological polar surface area (TPSA) is 75.1 Å². The summed E-state index contributed by atoms with van der Waals surface area (Å²) in [5, 5.41) is 12.5. The molecule has 2 heterocycles. The molecule has 0 aromatic carbocycles. The Bertz CT molecular complexity index is 654. The van der Waals surface area contributed by atoms with Crippen molar-refractivity contribution in [3.05, 3.63) is 52.6 Å². The SMILES string of the molecule is Cc1cc(NCc2cnccc2C)c(C(=O)O)c(C)n1. The molecule has 0 saturated carbocycles. The van der Waals surface area contributed by atoms with E-state index in [9.17, 15) is 9.90 Å². The van der Waals surface area contributed by atoms with E-state index >= 15 is 0 Å². The molecule has 5 nitrogen and oxygen atoms in total. The number of hydrogen-bond acceptors (Lipinski definition) is 4. The van der Waals surface area contributed by atoms with E-state index in [0.717, 1.165) is 16.8 Å². The first-order chi connectivity index (χ1) is 9.49. The van der Waals surface area contributed by atoms with Crippen LogP contribution in [-0.4, -0.2) is 21.0 Å². The summed E-state index contributed by atoms with van der Waals surface area (Å²) < 4.78 is 0. The zero-order chi connectivity index (χ0) is 14.7. The number of carboxylic acids is 1. The van der Waals surface area contributed by atoms with Crippen LogP contribution in [0.4, 0.5) is 5.69 Å². The number of carbonyl (C=O) groups is 1. The molecule has 0 aliphatic heterocycles. The van der Waals surface area contributed by atoms with E-state index in [-0.39, 0.29) is 5.56 Å². The Hall–Kier alpha value is -2.43. The Labute approximate surface area is 117 Å². The molecule has 0 aliphatic carbocycles. The second-order valence-corrected chi connectivity index (χ2v) is 4.73. The van der Waals surface area contributed by atoms with Gasteiger partial charge in [-0.3, -0.25) is 9.97 Å². The highest BCUT2D eigenvalue weighted by Gasteiger charge is 2.15. The molecule has 0 unspecified atom stereocenters. The van der Waals surface area contributed by atoms with Crippen molar-refractivity contribution in [2.45, 2.75) is 27.3 Å². The van der Waals surface area contributed by atoms with Gasteiger partial charge in [0.05, 0.1) is 11.4 Å². The van der Waals surface area contributed by atoms with Gasteiger partial charge in [0.25, 0.3) is 0 Å². The van der Waals surface area contributed by atoms with Gasteiger partial charge in [0.15, 0.2) is 0 Å². The lowest BCUT2D eigenvalue weighted by molar-refractivity contribution is 0.0696. The van der Waals surface area contributed by atoms with Crippen LogP contribution in [0.15, 0.2) is 24.5 Å². The largest absolute Gasteiger partial charge is 0.478 e. The van der Waals surface area contributed by atoms with Crippen LogP contribution < -0.4 is 5.32 Å². The van der Waals surface area contributed by atoms with Gasteiger partial charge in [-0.05, 0) is 44.0 Å². The van der Waals surface area contributed by atoms with Crippen molar-refractivity contribution in [2.75, 3.05) is 5.32 Å². The third-order valence-corrected chi connectivity index (χ3v) is 3.16. The summed E-state index contributed by atoms with van der Waals surface area (Å²) in [5.41, 5.74) is 4.27. The van der Waals surface area contributed by atoms with E-state index in [1.165, 1.54) is 0 Å². The van der Waals surface area contributed by atoms with Crippen molar-refractivity contribution >= 4 is 11.7 Å². The standard InChI is InChI=1S/C15H17N3O2/c1-9-4-5-16-7-12(9)8-17-13-6-10(2)18-11(3)14(13)15(19)20/h4-7H,8H2,1-3H3,(H,17,18)(H,19,20). The minimum absolute atomic E-state index is 0.220. The van der Waals surface area contributed by atoms with Gasteiger partial charge in [0.1, 0.15) is 5.56 Å². The normalized spacial score (nSPS) is 10.3. The predicted octanol–water partition coefficient (Wildman–Crippen LogP) is 2.71. The van der Waals surface area contributed by atoms with Crippen molar-refractivity contribution in [1.82, 2.24) is 9.97 Å². The lowest BCUT2D eigenvalue weighted by atomic mass is 10.1. The van der Waals surface area contributed by atoms with Crippen LogP contribution in [0.1, 0.15) is 32.9 Å². The maximum atomic E-state index is 11.3. The quantitative estimate of drug-likeness (QED) is 0.894. The van der Waals surface area contributed by atoms with E-state index in [1.807, 2.05) is 19.9 Å². The van der Waals surface area contributed by atoms with Crippen molar-refractivity contribution in [3.8, 4) is 0 Å².